The number of nitrogens with zero attached hydrogens (tertiary/aromatic N) is 1. The van der Waals surface area contributed by atoms with Gasteiger partial charge in [-0.15, -0.1) is 0 Å². The number of rotatable bonds is 6. The van der Waals surface area contributed by atoms with Crippen LogP contribution in [0.3, 0.4) is 0 Å². The Labute approximate surface area is 119 Å². The first kappa shape index (κ1) is 16.0. The van der Waals surface area contributed by atoms with E-state index in [-0.39, 0.29) is 11.9 Å². The molecule has 20 heavy (non-hydrogen) atoms. The minimum atomic E-state index is -0.999. The van der Waals surface area contributed by atoms with Gasteiger partial charge in [0.15, 0.2) is 0 Å². The van der Waals surface area contributed by atoms with E-state index in [4.69, 9.17) is 5.11 Å². The van der Waals surface area contributed by atoms with Gasteiger partial charge in [0.05, 0.1) is 0 Å². The van der Waals surface area contributed by atoms with Gasteiger partial charge in [-0.1, -0.05) is 50.6 Å². The van der Waals surface area contributed by atoms with E-state index in [1.807, 2.05) is 44.2 Å². The number of hydrogen-bond acceptors (Lipinski definition) is 2. The summed E-state index contributed by atoms with van der Waals surface area (Å²) in [6.07, 6.45) is 0.694. The maximum Gasteiger partial charge on any atom is 0.326 e. The van der Waals surface area contributed by atoms with Crippen molar-refractivity contribution in [3.8, 4) is 0 Å². The number of amides is 2. The van der Waals surface area contributed by atoms with Crippen LogP contribution < -0.4 is 5.32 Å². The summed E-state index contributed by atoms with van der Waals surface area (Å²) in [7, 11) is 1.65. The summed E-state index contributed by atoms with van der Waals surface area (Å²) >= 11 is 0. The molecule has 5 nitrogen and oxygen atoms in total. The van der Waals surface area contributed by atoms with Crippen molar-refractivity contribution < 1.29 is 14.7 Å². The molecule has 0 aliphatic heterocycles. The molecule has 1 rings (SSSR count). The summed E-state index contributed by atoms with van der Waals surface area (Å²) in [4.78, 5) is 24.7. The highest BCUT2D eigenvalue weighted by molar-refractivity contribution is 5.82. The van der Waals surface area contributed by atoms with Crippen molar-refractivity contribution in [1.82, 2.24) is 10.2 Å². The Morgan fingerprint density at radius 2 is 1.90 bits per heavy atom. The van der Waals surface area contributed by atoms with Crippen LogP contribution in [0.4, 0.5) is 4.79 Å². The molecule has 2 atom stereocenters. The zero-order valence-electron chi connectivity index (χ0n) is 12.2. The fraction of sp³-hybridized carbons (Fsp3) is 0.467. The average molecular weight is 278 g/mol. The molecule has 0 aromatic heterocycles. The lowest BCUT2D eigenvalue weighted by atomic mass is 9.99. The Kier molecular flexibility index (Phi) is 6.03. The van der Waals surface area contributed by atoms with E-state index in [1.165, 1.54) is 4.90 Å². The predicted octanol–water partition coefficient (Wildman–Crippen LogP) is 2.33. The van der Waals surface area contributed by atoms with Crippen LogP contribution in [0.1, 0.15) is 25.8 Å². The smallest absolute Gasteiger partial charge is 0.326 e. The number of aliphatic carboxylic acids is 1. The molecule has 0 aliphatic carbocycles. The number of urea groups is 1. The minimum absolute atomic E-state index is 0.110. The van der Waals surface area contributed by atoms with Gasteiger partial charge < -0.3 is 15.3 Å². The number of carboxylic acid groups (broad SMARTS) is 1. The Morgan fingerprint density at radius 1 is 1.30 bits per heavy atom. The number of nitrogens with one attached hydrogen (secondary N) is 1. The molecule has 0 saturated carbocycles. The van der Waals surface area contributed by atoms with E-state index in [0.717, 1.165) is 5.56 Å². The van der Waals surface area contributed by atoms with Crippen molar-refractivity contribution in [1.29, 1.82) is 0 Å². The number of carboxylic acids is 1. The third kappa shape index (κ3) is 4.57. The first-order valence-electron chi connectivity index (χ1n) is 6.74. The molecule has 2 amide bonds. The van der Waals surface area contributed by atoms with Crippen LogP contribution in [-0.4, -0.2) is 35.1 Å². The van der Waals surface area contributed by atoms with Crippen LogP contribution in [-0.2, 0) is 11.3 Å². The maximum absolute atomic E-state index is 12.0. The zero-order chi connectivity index (χ0) is 15.1. The average Bonchev–Trinajstić information content (AvgIpc) is 2.44. The summed E-state index contributed by atoms with van der Waals surface area (Å²) in [5, 5.41) is 11.7. The normalized spacial score (nSPS) is 13.3. The van der Waals surface area contributed by atoms with Gasteiger partial charge in [-0.05, 0) is 11.5 Å². The Balaban J connectivity index is 2.62. The van der Waals surface area contributed by atoms with Gasteiger partial charge in [0.2, 0.25) is 0 Å². The number of benzene rings is 1. The lowest BCUT2D eigenvalue weighted by Gasteiger charge is -2.24. The van der Waals surface area contributed by atoms with Crippen molar-refractivity contribution in [3.63, 3.8) is 0 Å². The van der Waals surface area contributed by atoms with E-state index in [1.54, 1.807) is 7.05 Å². The molecule has 0 heterocycles. The van der Waals surface area contributed by atoms with Crippen molar-refractivity contribution in [2.24, 2.45) is 5.92 Å². The summed E-state index contributed by atoms with van der Waals surface area (Å²) in [5.74, 6) is -1.11. The largest absolute Gasteiger partial charge is 0.480 e. The van der Waals surface area contributed by atoms with Crippen molar-refractivity contribution >= 4 is 12.0 Å². The van der Waals surface area contributed by atoms with Gasteiger partial charge in [-0.3, -0.25) is 0 Å². The lowest BCUT2D eigenvalue weighted by Crippen LogP contribution is -2.49. The highest BCUT2D eigenvalue weighted by Crippen LogP contribution is 2.09. The number of hydrogen-bond donors (Lipinski definition) is 2. The molecule has 0 radical (unpaired) electrons. The second-order valence-corrected chi connectivity index (χ2v) is 4.99. The van der Waals surface area contributed by atoms with Crippen LogP contribution in [0.5, 0.6) is 0 Å². The number of carbonyl (C=O) groups excluding carboxylic acids is 1. The third-order valence-corrected chi connectivity index (χ3v) is 3.37. The molecule has 5 heteroatoms. The number of carbonyl (C=O) groups is 2. The summed E-state index contributed by atoms with van der Waals surface area (Å²) in [5.41, 5.74) is 1.00. The Morgan fingerprint density at radius 3 is 2.40 bits per heavy atom. The molecule has 2 N–H and O–H groups in total. The molecule has 0 fully saturated rings. The predicted molar refractivity (Wildman–Crippen MR) is 77.3 cm³/mol. The molecule has 0 bridgehead atoms. The first-order valence-corrected chi connectivity index (χ1v) is 6.74. The fourth-order valence-electron chi connectivity index (χ4n) is 1.86. The van der Waals surface area contributed by atoms with Crippen LogP contribution in [0.25, 0.3) is 0 Å². The van der Waals surface area contributed by atoms with Crippen LogP contribution >= 0.6 is 0 Å². The van der Waals surface area contributed by atoms with Gasteiger partial charge in [0, 0.05) is 13.6 Å². The summed E-state index contributed by atoms with van der Waals surface area (Å²) in [6.45, 7) is 4.16. The van der Waals surface area contributed by atoms with E-state index >= 15 is 0 Å². The van der Waals surface area contributed by atoms with Gasteiger partial charge in [0.25, 0.3) is 0 Å². The van der Waals surface area contributed by atoms with E-state index < -0.39 is 12.0 Å². The Bertz CT molecular complexity index is 448. The van der Waals surface area contributed by atoms with Gasteiger partial charge in [-0.25, -0.2) is 9.59 Å². The zero-order valence-corrected chi connectivity index (χ0v) is 12.2. The van der Waals surface area contributed by atoms with Crippen LogP contribution in [0.15, 0.2) is 30.3 Å². The molecule has 2 unspecified atom stereocenters. The molecular formula is C15H22N2O3. The molecule has 0 saturated heterocycles. The van der Waals surface area contributed by atoms with Crippen LogP contribution in [0, 0.1) is 5.92 Å². The van der Waals surface area contributed by atoms with E-state index in [9.17, 15) is 9.59 Å². The molecule has 0 spiro atoms. The van der Waals surface area contributed by atoms with Crippen molar-refractivity contribution in [3.05, 3.63) is 35.9 Å². The highest BCUT2D eigenvalue weighted by Gasteiger charge is 2.26. The molecule has 1 aromatic carbocycles. The fourth-order valence-corrected chi connectivity index (χ4v) is 1.86. The minimum Gasteiger partial charge on any atom is -0.480 e. The molecular weight excluding hydrogens is 256 g/mol. The third-order valence-electron chi connectivity index (χ3n) is 3.37. The molecule has 0 aliphatic rings. The second kappa shape index (κ2) is 7.53. The SMILES string of the molecule is CCC(C)C(NC(=O)N(C)Cc1ccccc1)C(=O)O. The van der Waals surface area contributed by atoms with Gasteiger partial charge in [-0.2, -0.15) is 0 Å². The molecule has 110 valence electrons. The second-order valence-electron chi connectivity index (χ2n) is 4.99. The first-order chi connectivity index (χ1) is 9.45. The lowest BCUT2D eigenvalue weighted by molar-refractivity contribution is -0.140. The van der Waals surface area contributed by atoms with Gasteiger partial charge in [0.1, 0.15) is 6.04 Å². The van der Waals surface area contributed by atoms with Crippen LogP contribution in [0.2, 0.25) is 0 Å². The van der Waals surface area contributed by atoms with Gasteiger partial charge >= 0.3 is 12.0 Å². The highest BCUT2D eigenvalue weighted by atomic mass is 16.4. The standard InChI is InChI=1S/C15H22N2O3/c1-4-11(2)13(14(18)19)16-15(20)17(3)10-12-8-6-5-7-9-12/h5-9,11,13H,4,10H2,1-3H3,(H,16,20)(H,18,19). The molecule has 1 aromatic rings. The van der Waals surface area contributed by atoms with Crippen molar-refractivity contribution in [2.45, 2.75) is 32.9 Å². The van der Waals surface area contributed by atoms with Crippen molar-refractivity contribution in [2.75, 3.05) is 7.05 Å². The maximum atomic E-state index is 12.0. The van der Waals surface area contributed by atoms with E-state index in [0.29, 0.717) is 13.0 Å². The van der Waals surface area contributed by atoms with E-state index in [2.05, 4.69) is 5.32 Å². The topological polar surface area (TPSA) is 69.6 Å². The summed E-state index contributed by atoms with van der Waals surface area (Å²) in [6, 6.07) is 8.33. The monoisotopic (exact) mass is 278 g/mol. The Hall–Kier alpha value is -2.04. The summed E-state index contributed by atoms with van der Waals surface area (Å²) < 4.78 is 0. The quantitative estimate of drug-likeness (QED) is 0.839.